The van der Waals surface area contributed by atoms with Crippen molar-refractivity contribution in [2.75, 3.05) is 13.1 Å². The van der Waals surface area contributed by atoms with E-state index in [9.17, 15) is 5.11 Å². The van der Waals surface area contributed by atoms with Crippen molar-refractivity contribution in [2.24, 2.45) is 11.3 Å². The molecule has 2 unspecified atom stereocenters. The Labute approximate surface area is 112 Å². The monoisotopic (exact) mass is 297 g/mol. The third-order valence-corrected chi connectivity index (χ3v) is 4.17. The van der Waals surface area contributed by atoms with Crippen molar-refractivity contribution in [1.82, 2.24) is 5.32 Å². The summed E-state index contributed by atoms with van der Waals surface area (Å²) in [5.41, 5.74) is 1.47. The van der Waals surface area contributed by atoms with E-state index in [-0.39, 0.29) is 0 Å². The van der Waals surface area contributed by atoms with Crippen LogP contribution in [0.1, 0.15) is 31.9 Å². The molecule has 0 bridgehead atoms. The van der Waals surface area contributed by atoms with Crippen LogP contribution in [-0.2, 0) is 0 Å². The SMILES string of the molecule is CC1(C)CC1CNCC(O)c1cccc(Br)c1. The summed E-state index contributed by atoms with van der Waals surface area (Å²) >= 11 is 3.42. The number of halogens is 1. The Balaban J connectivity index is 1.76. The summed E-state index contributed by atoms with van der Waals surface area (Å²) in [5.74, 6) is 0.775. The molecule has 0 amide bonds. The largest absolute Gasteiger partial charge is 0.387 e. The molecule has 3 heteroatoms. The van der Waals surface area contributed by atoms with Crippen LogP contribution >= 0.6 is 15.9 Å². The minimum absolute atomic E-state index is 0.422. The normalized spacial score (nSPS) is 23.4. The zero-order valence-electron chi connectivity index (χ0n) is 10.4. The predicted octanol–water partition coefficient (Wildman–Crippen LogP) is 3.12. The lowest BCUT2D eigenvalue weighted by Crippen LogP contribution is -2.24. The molecular formula is C14H20BrNO. The Bertz CT molecular complexity index is 392. The first-order chi connectivity index (χ1) is 7.99. The highest BCUT2D eigenvalue weighted by atomic mass is 79.9. The van der Waals surface area contributed by atoms with Crippen molar-refractivity contribution in [3.05, 3.63) is 34.3 Å². The maximum absolute atomic E-state index is 10.0. The summed E-state index contributed by atoms with van der Waals surface area (Å²) in [6.45, 7) is 6.23. The molecule has 17 heavy (non-hydrogen) atoms. The van der Waals surface area contributed by atoms with Crippen LogP contribution in [0, 0.1) is 11.3 Å². The smallest absolute Gasteiger partial charge is 0.0914 e. The van der Waals surface area contributed by atoms with Crippen LogP contribution in [0.15, 0.2) is 28.7 Å². The summed E-state index contributed by atoms with van der Waals surface area (Å²) in [6.07, 6.45) is 0.877. The second kappa shape index (κ2) is 5.09. The number of aliphatic hydroxyl groups is 1. The molecule has 0 saturated heterocycles. The van der Waals surface area contributed by atoms with Gasteiger partial charge in [-0.25, -0.2) is 0 Å². The predicted molar refractivity (Wildman–Crippen MR) is 73.9 cm³/mol. The Morgan fingerprint density at radius 3 is 2.82 bits per heavy atom. The average Bonchev–Trinajstić information content (AvgIpc) is 2.86. The molecule has 1 saturated carbocycles. The minimum atomic E-state index is -0.422. The zero-order valence-corrected chi connectivity index (χ0v) is 12.0. The lowest BCUT2D eigenvalue weighted by atomic mass is 10.1. The molecule has 2 nitrogen and oxygen atoms in total. The number of benzene rings is 1. The van der Waals surface area contributed by atoms with Crippen LogP contribution in [0.4, 0.5) is 0 Å². The van der Waals surface area contributed by atoms with Crippen molar-refractivity contribution in [3.8, 4) is 0 Å². The van der Waals surface area contributed by atoms with Gasteiger partial charge < -0.3 is 10.4 Å². The number of rotatable bonds is 5. The molecule has 1 aliphatic carbocycles. The maximum atomic E-state index is 10.0. The van der Waals surface area contributed by atoms with Gasteiger partial charge in [-0.3, -0.25) is 0 Å². The first kappa shape index (κ1) is 13.1. The zero-order chi connectivity index (χ0) is 12.5. The van der Waals surface area contributed by atoms with E-state index >= 15 is 0 Å². The van der Waals surface area contributed by atoms with E-state index in [0.717, 1.165) is 22.5 Å². The van der Waals surface area contributed by atoms with Gasteiger partial charge in [-0.1, -0.05) is 41.9 Å². The van der Waals surface area contributed by atoms with Gasteiger partial charge in [0, 0.05) is 11.0 Å². The molecule has 1 aromatic carbocycles. The van der Waals surface area contributed by atoms with Gasteiger partial charge in [0.1, 0.15) is 0 Å². The van der Waals surface area contributed by atoms with Crippen molar-refractivity contribution >= 4 is 15.9 Å². The fourth-order valence-electron chi connectivity index (χ4n) is 2.15. The molecule has 0 aliphatic heterocycles. The van der Waals surface area contributed by atoms with Crippen molar-refractivity contribution < 1.29 is 5.11 Å². The van der Waals surface area contributed by atoms with Gasteiger partial charge in [0.15, 0.2) is 0 Å². The molecular weight excluding hydrogens is 278 g/mol. The summed E-state index contributed by atoms with van der Waals surface area (Å²) in [7, 11) is 0. The van der Waals surface area contributed by atoms with Crippen molar-refractivity contribution in [2.45, 2.75) is 26.4 Å². The quantitative estimate of drug-likeness (QED) is 0.875. The highest BCUT2D eigenvalue weighted by molar-refractivity contribution is 9.10. The Hall–Kier alpha value is -0.380. The van der Waals surface area contributed by atoms with E-state index < -0.39 is 6.10 Å². The van der Waals surface area contributed by atoms with E-state index in [4.69, 9.17) is 0 Å². The molecule has 2 atom stereocenters. The van der Waals surface area contributed by atoms with Gasteiger partial charge in [-0.05, 0) is 42.0 Å². The standard InChI is InChI=1S/C14H20BrNO/c1-14(2)7-11(14)8-16-9-13(17)10-4-3-5-12(15)6-10/h3-6,11,13,16-17H,7-9H2,1-2H3. The van der Waals surface area contributed by atoms with Crippen LogP contribution in [0.25, 0.3) is 0 Å². The second-order valence-electron chi connectivity index (χ2n) is 5.62. The van der Waals surface area contributed by atoms with Gasteiger partial charge in [0.2, 0.25) is 0 Å². The molecule has 0 heterocycles. The lowest BCUT2D eigenvalue weighted by Gasteiger charge is -2.13. The first-order valence-corrected chi connectivity index (χ1v) is 6.92. The van der Waals surface area contributed by atoms with Crippen LogP contribution < -0.4 is 5.32 Å². The maximum Gasteiger partial charge on any atom is 0.0914 e. The number of hydrogen-bond acceptors (Lipinski definition) is 2. The summed E-state index contributed by atoms with van der Waals surface area (Å²) in [6, 6.07) is 7.84. The molecule has 1 aromatic rings. The number of nitrogens with one attached hydrogen (secondary N) is 1. The molecule has 0 radical (unpaired) electrons. The van der Waals surface area contributed by atoms with Gasteiger partial charge in [0.05, 0.1) is 6.10 Å². The van der Waals surface area contributed by atoms with E-state index in [0.29, 0.717) is 12.0 Å². The Morgan fingerprint density at radius 1 is 1.53 bits per heavy atom. The summed E-state index contributed by atoms with van der Waals surface area (Å²) < 4.78 is 1.01. The van der Waals surface area contributed by atoms with Gasteiger partial charge >= 0.3 is 0 Å². The van der Waals surface area contributed by atoms with E-state index in [1.54, 1.807) is 0 Å². The van der Waals surface area contributed by atoms with Crippen LogP contribution in [0.3, 0.4) is 0 Å². The summed E-state index contributed by atoms with van der Waals surface area (Å²) in [5, 5.41) is 13.4. The Kier molecular flexibility index (Phi) is 3.91. The van der Waals surface area contributed by atoms with E-state index in [2.05, 4.69) is 35.1 Å². The fourth-order valence-corrected chi connectivity index (χ4v) is 2.57. The molecule has 2 N–H and O–H groups in total. The molecule has 1 fully saturated rings. The first-order valence-electron chi connectivity index (χ1n) is 6.13. The fraction of sp³-hybridized carbons (Fsp3) is 0.571. The van der Waals surface area contributed by atoms with Crippen molar-refractivity contribution in [3.63, 3.8) is 0 Å². The topological polar surface area (TPSA) is 32.3 Å². The lowest BCUT2D eigenvalue weighted by molar-refractivity contribution is 0.174. The van der Waals surface area contributed by atoms with Gasteiger partial charge in [-0.15, -0.1) is 0 Å². The van der Waals surface area contributed by atoms with Crippen LogP contribution in [-0.4, -0.2) is 18.2 Å². The van der Waals surface area contributed by atoms with Gasteiger partial charge in [0.25, 0.3) is 0 Å². The highest BCUT2D eigenvalue weighted by Crippen LogP contribution is 2.50. The molecule has 0 aromatic heterocycles. The Morgan fingerprint density at radius 2 is 2.24 bits per heavy atom. The van der Waals surface area contributed by atoms with E-state index in [1.165, 1.54) is 6.42 Å². The average molecular weight is 298 g/mol. The number of aliphatic hydroxyl groups excluding tert-OH is 1. The minimum Gasteiger partial charge on any atom is -0.387 e. The molecule has 1 aliphatic rings. The van der Waals surface area contributed by atoms with Crippen molar-refractivity contribution in [1.29, 1.82) is 0 Å². The molecule has 0 spiro atoms. The van der Waals surface area contributed by atoms with E-state index in [1.807, 2.05) is 24.3 Å². The van der Waals surface area contributed by atoms with Crippen LogP contribution in [0.2, 0.25) is 0 Å². The molecule has 2 rings (SSSR count). The second-order valence-corrected chi connectivity index (χ2v) is 6.53. The third-order valence-electron chi connectivity index (χ3n) is 3.68. The van der Waals surface area contributed by atoms with Gasteiger partial charge in [-0.2, -0.15) is 0 Å². The number of hydrogen-bond donors (Lipinski definition) is 2. The highest BCUT2D eigenvalue weighted by Gasteiger charge is 2.44. The molecule has 94 valence electrons. The summed E-state index contributed by atoms with van der Waals surface area (Å²) in [4.78, 5) is 0. The third kappa shape index (κ3) is 3.54. The van der Waals surface area contributed by atoms with Crippen LogP contribution in [0.5, 0.6) is 0 Å².